The molecule has 0 spiro atoms. The Morgan fingerprint density at radius 3 is 2.91 bits per heavy atom. The Morgan fingerprint density at radius 2 is 2.13 bits per heavy atom. The molecule has 1 amide bonds. The number of rotatable bonds is 5. The van der Waals surface area contributed by atoms with Gasteiger partial charge in [-0.05, 0) is 62.1 Å². The molecule has 2 N–H and O–H groups in total. The molecule has 0 unspecified atom stereocenters. The number of halogens is 1. The SMILES string of the molecule is O=C(NCCCN1CCCCC1)c1cc2c(cc1F)COB2O. The molecular formula is C16H22BFN2O3. The highest BCUT2D eigenvalue weighted by Gasteiger charge is 2.29. The molecular weight excluding hydrogens is 298 g/mol. The van der Waals surface area contributed by atoms with Crippen molar-refractivity contribution in [2.24, 2.45) is 0 Å². The van der Waals surface area contributed by atoms with E-state index in [0.29, 0.717) is 17.6 Å². The van der Waals surface area contributed by atoms with Crippen LogP contribution in [0.4, 0.5) is 4.39 Å². The van der Waals surface area contributed by atoms with E-state index < -0.39 is 18.8 Å². The standard InChI is InChI=1S/C16H22BFN2O3/c18-15-9-12-11-23-17(22)14(12)10-13(15)16(21)19-5-4-8-20-6-2-1-3-7-20/h9-10,22H,1-8,11H2,(H,19,21). The van der Waals surface area contributed by atoms with Crippen LogP contribution in [0.25, 0.3) is 0 Å². The van der Waals surface area contributed by atoms with Gasteiger partial charge in [0.1, 0.15) is 5.82 Å². The van der Waals surface area contributed by atoms with Crippen molar-refractivity contribution in [3.63, 3.8) is 0 Å². The van der Waals surface area contributed by atoms with Gasteiger partial charge in [0, 0.05) is 6.54 Å². The predicted molar refractivity (Wildman–Crippen MR) is 86.0 cm³/mol. The first-order chi connectivity index (χ1) is 11.1. The summed E-state index contributed by atoms with van der Waals surface area (Å²) in [5.41, 5.74) is 1.03. The lowest BCUT2D eigenvalue weighted by atomic mass is 9.78. The number of hydrogen-bond acceptors (Lipinski definition) is 4. The van der Waals surface area contributed by atoms with Crippen LogP contribution in [0.1, 0.15) is 41.6 Å². The minimum absolute atomic E-state index is 0.0359. The van der Waals surface area contributed by atoms with E-state index in [4.69, 9.17) is 4.65 Å². The van der Waals surface area contributed by atoms with Gasteiger partial charge in [0.15, 0.2) is 0 Å². The van der Waals surface area contributed by atoms with E-state index in [1.54, 1.807) is 0 Å². The largest absolute Gasteiger partial charge is 0.491 e. The molecule has 5 nitrogen and oxygen atoms in total. The fourth-order valence-electron chi connectivity index (χ4n) is 3.20. The fraction of sp³-hybridized carbons (Fsp3) is 0.562. The van der Waals surface area contributed by atoms with Crippen molar-refractivity contribution in [1.29, 1.82) is 0 Å². The molecule has 7 heteroatoms. The summed E-state index contributed by atoms with van der Waals surface area (Å²) in [4.78, 5) is 14.5. The Kier molecular flexibility index (Phi) is 5.30. The number of hydrogen-bond donors (Lipinski definition) is 2. The molecule has 1 fully saturated rings. The molecule has 0 bridgehead atoms. The van der Waals surface area contributed by atoms with Crippen molar-refractivity contribution in [1.82, 2.24) is 10.2 Å². The van der Waals surface area contributed by atoms with E-state index in [0.717, 1.165) is 26.1 Å². The first kappa shape index (κ1) is 16.4. The fourth-order valence-corrected chi connectivity index (χ4v) is 3.20. The number of nitrogens with zero attached hydrogens (tertiary/aromatic N) is 1. The predicted octanol–water partition coefficient (Wildman–Crippen LogP) is 0.649. The zero-order valence-corrected chi connectivity index (χ0v) is 13.2. The Labute approximate surface area is 136 Å². The Morgan fingerprint density at radius 1 is 1.35 bits per heavy atom. The molecule has 124 valence electrons. The number of nitrogens with one attached hydrogen (secondary N) is 1. The van der Waals surface area contributed by atoms with Gasteiger partial charge in [0.2, 0.25) is 0 Å². The molecule has 1 saturated heterocycles. The van der Waals surface area contributed by atoms with Crippen LogP contribution in [-0.4, -0.2) is 49.1 Å². The average molecular weight is 320 g/mol. The zero-order chi connectivity index (χ0) is 16.2. The minimum atomic E-state index is -1.07. The van der Waals surface area contributed by atoms with Crippen molar-refractivity contribution in [2.75, 3.05) is 26.2 Å². The van der Waals surface area contributed by atoms with Crippen LogP contribution in [0.3, 0.4) is 0 Å². The van der Waals surface area contributed by atoms with Crippen molar-refractivity contribution in [2.45, 2.75) is 32.3 Å². The number of benzene rings is 1. The monoisotopic (exact) mass is 320 g/mol. The first-order valence-electron chi connectivity index (χ1n) is 8.27. The Hall–Kier alpha value is -1.44. The summed E-state index contributed by atoms with van der Waals surface area (Å²) in [5, 5.41) is 12.4. The molecule has 2 heterocycles. The summed E-state index contributed by atoms with van der Waals surface area (Å²) in [7, 11) is -1.07. The van der Waals surface area contributed by atoms with Crippen LogP contribution in [-0.2, 0) is 11.3 Å². The Balaban J connectivity index is 1.51. The van der Waals surface area contributed by atoms with Crippen LogP contribution >= 0.6 is 0 Å². The average Bonchev–Trinajstić information content (AvgIpc) is 2.92. The summed E-state index contributed by atoms with van der Waals surface area (Å²) in [6.45, 7) is 3.91. The van der Waals surface area contributed by atoms with Crippen LogP contribution < -0.4 is 10.8 Å². The van der Waals surface area contributed by atoms with E-state index in [9.17, 15) is 14.2 Å². The quantitative estimate of drug-likeness (QED) is 0.618. The third kappa shape index (κ3) is 3.91. The summed E-state index contributed by atoms with van der Waals surface area (Å²) in [6.07, 6.45) is 4.65. The highest BCUT2D eigenvalue weighted by atomic mass is 19.1. The van der Waals surface area contributed by atoms with Crippen molar-refractivity contribution in [3.05, 3.63) is 29.1 Å². The summed E-state index contributed by atoms with van der Waals surface area (Å²) in [5.74, 6) is -1.02. The number of carbonyl (C=O) groups is 1. The molecule has 0 atom stereocenters. The summed E-state index contributed by atoms with van der Waals surface area (Å²) < 4.78 is 19.0. The van der Waals surface area contributed by atoms with Gasteiger partial charge in [-0.3, -0.25) is 4.79 Å². The van der Waals surface area contributed by atoms with Gasteiger partial charge < -0.3 is 19.9 Å². The molecule has 3 rings (SSSR count). The van der Waals surface area contributed by atoms with Gasteiger partial charge >= 0.3 is 7.12 Å². The maximum atomic E-state index is 14.0. The number of likely N-dealkylation sites (tertiary alicyclic amines) is 1. The molecule has 0 radical (unpaired) electrons. The van der Waals surface area contributed by atoms with Crippen molar-refractivity contribution >= 4 is 18.5 Å². The number of amides is 1. The lowest BCUT2D eigenvalue weighted by Gasteiger charge is -2.26. The maximum absolute atomic E-state index is 14.0. The first-order valence-corrected chi connectivity index (χ1v) is 8.27. The van der Waals surface area contributed by atoms with Crippen LogP contribution in [0, 0.1) is 5.82 Å². The highest BCUT2D eigenvalue weighted by molar-refractivity contribution is 6.61. The smallest absolute Gasteiger partial charge is 0.423 e. The van der Waals surface area contributed by atoms with Gasteiger partial charge in [-0.15, -0.1) is 0 Å². The number of piperidine rings is 1. The molecule has 0 saturated carbocycles. The van der Waals surface area contributed by atoms with Gasteiger partial charge in [-0.25, -0.2) is 4.39 Å². The molecule has 1 aromatic rings. The molecule has 2 aliphatic rings. The van der Waals surface area contributed by atoms with E-state index in [1.165, 1.54) is 31.4 Å². The highest BCUT2D eigenvalue weighted by Crippen LogP contribution is 2.15. The van der Waals surface area contributed by atoms with Gasteiger partial charge in [-0.1, -0.05) is 6.42 Å². The lowest BCUT2D eigenvalue weighted by molar-refractivity contribution is 0.0947. The summed E-state index contributed by atoms with van der Waals surface area (Å²) >= 11 is 0. The van der Waals surface area contributed by atoms with E-state index in [1.807, 2.05) is 0 Å². The third-order valence-corrected chi connectivity index (χ3v) is 4.52. The van der Waals surface area contributed by atoms with E-state index in [-0.39, 0.29) is 12.2 Å². The maximum Gasteiger partial charge on any atom is 0.491 e. The summed E-state index contributed by atoms with van der Waals surface area (Å²) in [6, 6.07) is 2.66. The molecule has 2 aliphatic heterocycles. The normalized spacial score (nSPS) is 18.1. The number of fused-ring (bicyclic) bond motifs is 1. The molecule has 0 aliphatic carbocycles. The van der Waals surface area contributed by atoms with Crippen molar-refractivity contribution < 1.29 is 18.9 Å². The van der Waals surface area contributed by atoms with Gasteiger partial charge in [0.05, 0.1) is 12.2 Å². The second-order valence-corrected chi connectivity index (χ2v) is 6.21. The zero-order valence-electron chi connectivity index (χ0n) is 13.2. The second kappa shape index (κ2) is 7.42. The molecule has 0 aromatic heterocycles. The van der Waals surface area contributed by atoms with Crippen LogP contribution in [0.5, 0.6) is 0 Å². The third-order valence-electron chi connectivity index (χ3n) is 4.52. The molecule has 23 heavy (non-hydrogen) atoms. The topological polar surface area (TPSA) is 61.8 Å². The van der Waals surface area contributed by atoms with E-state index >= 15 is 0 Å². The van der Waals surface area contributed by atoms with Crippen LogP contribution in [0.2, 0.25) is 0 Å². The minimum Gasteiger partial charge on any atom is -0.423 e. The van der Waals surface area contributed by atoms with Gasteiger partial charge in [-0.2, -0.15) is 0 Å². The Bertz CT molecular complexity index is 579. The van der Waals surface area contributed by atoms with Crippen LogP contribution in [0.15, 0.2) is 12.1 Å². The molecule has 1 aromatic carbocycles. The van der Waals surface area contributed by atoms with Crippen molar-refractivity contribution in [3.8, 4) is 0 Å². The number of carbonyl (C=O) groups excluding carboxylic acids is 1. The lowest BCUT2D eigenvalue weighted by Crippen LogP contribution is -2.34. The van der Waals surface area contributed by atoms with Gasteiger partial charge in [0.25, 0.3) is 5.91 Å². The van der Waals surface area contributed by atoms with E-state index in [2.05, 4.69) is 10.2 Å². The second-order valence-electron chi connectivity index (χ2n) is 6.21.